The number of pyridine rings is 1. The molecule has 0 aliphatic carbocycles. The van der Waals surface area contributed by atoms with Gasteiger partial charge in [-0.2, -0.15) is 0 Å². The first kappa shape index (κ1) is 20.0. The summed E-state index contributed by atoms with van der Waals surface area (Å²) >= 11 is 6.18. The van der Waals surface area contributed by atoms with Gasteiger partial charge in [-0.05, 0) is 42.0 Å². The lowest BCUT2D eigenvalue weighted by Crippen LogP contribution is -2.24. The van der Waals surface area contributed by atoms with Gasteiger partial charge in [0.1, 0.15) is 0 Å². The van der Waals surface area contributed by atoms with Crippen molar-refractivity contribution in [3.05, 3.63) is 99.4 Å². The summed E-state index contributed by atoms with van der Waals surface area (Å²) < 4.78 is 3.77. The van der Waals surface area contributed by atoms with Crippen LogP contribution in [0.1, 0.15) is 11.3 Å². The fourth-order valence-electron chi connectivity index (χ4n) is 3.61. The van der Waals surface area contributed by atoms with E-state index in [1.54, 1.807) is 29.6 Å². The Morgan fingerprint density at radius 1 is 0.933 bits per heavy atom. The van der Waals surface area contributed by atoms with E-state index in [1.807, 2.05) is 66.7 Å². The molecule has 0 N–H and O–H groups in total. The Balaban J connectivity index is 1.93. The second-order valence-corrected chi connectivity index (χ2v) is 7.87. The molecule has 0 saturated heterocycles. The number of carbonyl (C=O) groups is 1. The molecule has 1 amide bonds. The Morgan fingerprint density at radius 2 is 1.70 bits per heavy atom. The summed E-state index contributed by atoms with van der Waals surface area (Å²) in [6.07, 6.45) is 0.241. The van der Waals surface area contributed by atoms with E-state index in [-0.39, 0.29) is 17.9 Å². The van der Waals surface area contributed by atoms with E-state index in [9.17, 15) is 9.59 Å². The largest absolute Gasteiger partial charge is 0.348 e. The number of benzene rings is 2. The summed E-state index contributed by atoms with van der Waals surface area (Å²) in [7, 11) is 3.48. The second kappa shape index (κ2) is 8.20. The molecule has 30 heavy (non-hydrogen) atoms. The molecule has 0 saturated carbocycles. The minimum absolute atomic E-state index is 0.00115. The van der Waals surface area contributed by atoms with E-state index in [1.165, 1.54) is 0 Å². The molecular formula is C24H22ClN3O2. The molecule has 0 fully saturated rings. The maximum Gasteiger partial charge on any atom is 0.255 e. The van der Waals surface area contributed by atoms with Crippen LogP contribution in [0.2, 0.25) is 5.02 Å². The Kier molecular flexibility index (Phi) is 5.46. The SMILES string of the molecule is CN(C)C(=O)Cc1cc2c(ccc(=O)n2-c2ccccc2)n1Cc1cccc(Cl)c1. The van der Waals surface area contributed by atoms with Crippen LogP contribution >= 0.6 is 11.6 Å². The first-order valence-electron chi connectivity index (χ1n) is 9.68. The number of hydrogen-bond acceptors (Lipinski definition) is 2. The third-order valence-corrected chi connectivity index (χ3v) is 5.36. The number of halogens is 1. The molecule has 0 aliphatic heterocycles. The van der Waals surface area contributed by atoms with Crippen molar-refractivity contribution in [3.63, 3.8) is 0 Å². The number of nitrogens with zero attached hydrogens (tertiary/aromatic N) is 3. The number of amides is 1. The van der Waals surface area contributed by atoms with E-state index in [0.29, 0.717) is 11.6 Å². The minimum Gasteiger partial charge on any atom is -0.348 e. The number of para-hydroxylation sites is 1. The van der Waals surface area contributed by atoms with Crippen LogP contribution in [0, 0.1) is 0 Å². The van der Waals surface area contributed by atoms with Gasteiger partial charge in [0, 0.05) is 43.1 Å². The van der Waals surface area contributed by atoms with Crippen LogP contribution in [0.4, 0.5) is 0 Å². The van der Waals surface area contributed by atoms with Crippen LogP contribution in [0.3, 0.4) is 0 Å². The number of hydrogen-bond donors (Lipinski definition) is 0. The average Bonchev–Trinajstić information content (AvgIpc) is 3.05. The van der Waals surface area contributed by atoms with Crippen molar-refractivity contribution >= 4 is 28.5 Å². The number of aromatic nitrogens is 2. The summed E-state index contributed by atoms with van der Waals surface area (Å²) in [4.78, 5) is 26.8. The third kappa shape index (κ3) is 3.89. The normalized spacial score (nSPS) is 11.0. The highest BCUT2D eigenvalue weighted by Gasteiger charge is 2.17. The van der Waals surface area contributed by atoms with Gasteiger partial charge in [-0.25, -0.2) is 0 Å². The Hall–Kier alpha value is -3.31. The number of likely N-dealkylation sites (N-methyl/N-ethyl adjacent to an activating group) is 1. The zero-order valence-corrected chi connectivity index (χ0v) is 17.6. The van der Waals surface area contributed by atoms with Crippen LogP contribution in [0.25, 0.3) is 16.7 Å². The quantitative estimate of drug-likeness (QED) is 0.488. The first-order chi connectivity index (χ1) is 14.4. The van der Waals surface area contributed by atoms with Gasteiger partial charge in [0.15, 0.2) is 0 Å². The zero-order valence-electron chi connectivity index (χ0n) is 16.9. The highest BCUT2D eigenvalue weighted by Crippen LogP contribution is 2.24. The maximum atomic E-state index is 12.7. The Morgan fingerprint density at radius 3 is 2.40 bits per heavy atom. The molecule has 6 heteroatoms. The minimum atomic E-state index is -0.112. The summed E-state index contributed by atoms with van der Waals surface area (Å²) in [5, 5.41) is 0.663. The molecule has 0 unspecified atom stereocenters. The van der Waals surface area contributed by atoms with Gasteiger partial charge in [-0.15, -0.1) is 0 Å². The van der Waals surface area contributed by atoms with Crippen molar-refractivity contribution in [1.82, 2.24) is 14.0 Å². The molecule has 0 bridgehead atoms. The Bertz CT molecular complexity index is 1270. The van der Waals surface area contributed by atoms with E-state index in [4.69, 9.17) is 11.6 Å². The van der Waals surface area contributed by atoms with Gasteiger partial charge < -0.3 is 9.47 Å². The first-order valence-corrected chi connectivity index (χ1v) is 10.1. The van der Waals surface area contributed by atoms with Gasteiger partial charge in [-0.1, -0.05) is 41.9 Å². The molecule has 5 nitrogen and oxygen atoms in total. The van der Waals surface area contributed by atoms with E-state index >= 15 is 0 Å². The van der Waals surface area contributed by atoms with Crippen molar-refractivity contribution < 1.29 is 4.79 Å². The molecule has 0 spiro atoms. The average molecular weight is 420 g/mol. The van der Waals surface area contributed by atoms with Crippen molar-refractivity contribution in [2.45, 2.75) is 13.0 Å². The lowest BCUT2D eigenvalue weighted by molar-refractivity contribution is -0.128. The highest BCUT2D eigenvalue weighted by atomic mass is 35.5. The third-order valence-electron chi connectivity index (χ3n) is 5.12. The van der Waals surface area contributed by atoms with Crippen LogP contribution < -0.4 is 5.56 Å². The van der Waals surface area contributed by atoms with Crippen LogP contribution in [0.15, 0.2) is 77.6 Å². The maximum absolute atomic E-state index is 12.7. The topological polar surface area (TPSA) is 47.2 Å². The highest BCUT2D eigenvalue weighted by molar-refractivity contribution is 6.30. The van der Waals surface area contributed by atoms with Crippen LogP contribution in [-0.2, 0) is 17.8 Å². The monoisotopic (exact) mass is 419 g/mol. The summed E-state index contributed by atoms with van der Waals surface area (Å²) in [5.74, 6) is -0.00115. The van der Waals surface area contributed by atoms with Crippen molar-refractivity contribution in [2.24, 2.45) is 0 Å². The van der Waals surface area contributed by atoms with Gasteiger partial charge in [-0.3, -0.25) is 14.2 Å². The summed E-state index contributed by atoms with van der Waals surface area (Å²) in [5.41, 5.74) is 4.21. The van der Waals surface area contributed by atoms with Crippen LogP contribution in [0.5, 0.6) is 0 Å². The van der Waals surface area contributed by atoms with Gasteiger partial charge in [0.2, 0.25) is 5.91 Å². The van der Waals surface area contributed by atoms with Crippen molar-refractivity contribution in [1.29, 1.82) is 0 Å². The molecule has 2 aromatic carbocycles. The molecule has 0 atom stereocenters. The predicted molar refractivity (Wildman–Crippen MR) is 120 cm³/mol. The lowest BCUT2D eigenvalue weighted by atomic mass is 10.2. The van der Waals surface area contributed by atoms with Gasteiger partial charge in [0.05, 0.1) is 17.5 Å². The molecule has 0 radical (unpaired) electrons. The molecule has 2 heterocycles. The zero-order chi connectivity index (χ0) is 21.3. The second-order valence-electron chi connectivity index (χ2n) is 7.43. The molecule has 4 rings (SSSR count). The molecule has 2 aromatic heterocycles. The van der Waals surface area contributed by atoms with E-state index < -0.39 is 0 Å². The number of fused-ring (bicyclic) bond motifs is 1. The van der Waals surface area contributed by atoms with Crippen molar-refractivity contribution in [3.8, 4) is 5.69 Å². The van der Waals surface area contributed by atoms with E-state index in [2.05, 4.69) is 4.57 Å². The Labute approximate surface area is 179 Å². The fraction of sp³-hybridized carbons (Fsp3) is 0.167. The molecule has 4 aromatic rings. The molecule has 0 aliphatic rings. The van der Waals surface area contributed by atoms with Gasteiger partial charge >= 0.3 is 0 Å². The smallest absolute Gasteiger partial charge is 0.255 e. The lowest BCUT2D eigenvalue weighted by Gasteiger charge is -2.14. The number of carbonyl (C=O) groups excluding carboxylic acids is 1. The summed E-state index contributed by atoms with van der Waals surface area (Å²) in [6.45, 7) is 0.549. The van der Waals surface area contributed by atoms with E-state index in [0.717, 1.165) is 28.0 Å². The van der Waals surface area contributed by atoms with Crippen molar-refractivity contribution in [2.75, 3.05) is 14.1 Å². The predicted octanol–water partition coefficient (Wildman–Crippen LogP) is 4.12. The van der Waals surface area contributed by atoms with Crippen LogP contribution in [-0.4, -0.2) is 34.0 Å². The fourth-order valence-corrected chi connectivity index (χ4v) is 3.82. The number of rotatable bonds is 5. The molecule has 152 valence electrons. The molecular weight excluding hydrogens is 398 g/mol. The van der Waals surface area contributed by atoms with Gasteiger partial charge in [0.25, 0.3) is 5.56 Å². The summed E-state index contributed by atoms with van der Waals surface area (Å²) in [6, 6.07) is 22.5. The standard InChI is InChI=1S/C24H22ClN3O2/c1-26(2)24(30)15-20-14-22-21(27(20)16-17-7-6-8-18(25)13-17)11-12-23(29)28(22)19-9-4-3-5-10-19/h3-14H,15-16H2,1-2H3.